The van der Waals surface area contributed by atoms with Crippen LogP contribution in [0.3, 0.4) is 0 Å². The molecule has 2 N–H and O–H groups in total. The van der Waals surface area contributed by atoms with Crippen molar-refractivity contribution in [1.82, 2.24) is 15.2 Å². The molecular formula is C16H15F3N4O2S. The van der Waals surface area contributed by atoms with Gasteiger partial charge in [-0.25, -0.2) is 8.42 Å². The fraction of sp³-hybridized carbons (Fsp3) is 0.250. The molecule has 0 saturated heterocycles. The standard InChI is InChI=1S/C16H15F3N4O2S/c1-9-10(2)22-23-15(9)21-14-5-6-20-13-4-3-11(7-12(13)14)26(24,25)8-16(17,18)19/h3-7H,8H2,1-2H3,(H2,20,21,22,23). The topological polar surface area (TPSA) is 87.7 Å². The number of H-pyrrole nitrogens is 1. The Bertz CT molecular complexity index is 1070. The molecule has 0 saturated carbocycles. The average molecular weight is 384 g/mol. The van der Waals surface area contributed by atoms with Crippen LogP contribution in [0, 0.1) is 13.8 Å². The number of sulfone groups is 1. The van der Waals surface area contributed by atoms with E-state index in [-0.39, 0.29) is 0 Å². The third-order valence-corrected chi connectivity index (χ3v) is 5.61. The van der Waals surface area contributed by atoms with Crippen LogP contribution in [0.5, 0.6) is 0 Å². The number of hydrogen-bond acceptors (Lipinski definition) is 5. The van der Waals surface area contributed by atoms with Crippen molar-refractivity contribution in [2.45, 2.75) is 24.9 Å². The van der Waals surface area contributed by atoms with Crippen LogP contribution in [-0.4, -0.2) is 35.5 Å². The summed E-state index contributed by atoms with van der Waals surface area (Å²) in [6, 6.07) is 5.31. The van der Waals surface area contributed by atoms with Crippen molar-refractivity contribution in [2.75, 3.05) is 11.1 Å². The van der Waals surface area contributed by atoms with Crippen LogP contribution in [0.15, 0.2) is 35.4 Å². The highest BCUT2D eigenvalue weighted by atomic mass is 32.2. The van der Waals surface area contributed by atoms with Crippen molar-refractivity contribution >= 4 is 32.2 Å². The fourth-order valence-electron chi connectivity index (χ4n) is 2.46. The molecular weight excluding hydrogens is 369 g/mol. The number of benzene rings is 1. The first kappa shape index (κ1) is 18.2. The highest BCUT2D eigenvalue weighted by Crippen LogP contribution is 2.30. The summed E-state index contributed by atoms with van der Waals surface area (Å²) in [6.45, 7) is 3.70. The maximum Gasteiger partial charge on any atom is 0.403 e. The number of nitrogens with zero attached hydrogens (tertiary/aromatic N) is 2. The van der Waals surface area contributed by atoms with Crippen molar-refractivity contribution in [1.29, 1.82) is 0 Å². The number of anilines is 2. The van der Waals surface area contributed by atoms with Gasteiger partial charge in [0.1, 0.15) is 0 Å². The highest BCUT2D eigenvalue weighted by molar-refractivity contribution is 7.91. The first-order chi connectivity index (χ1) is 12.1. The first-order valence-corrected chi connectivity index (χ1v) is 9.19. The smallest absolute Gasteiger partial charge is 0.338 e. The summed E-state index contributed by atoms with van der Waals surface area (Å²) in [6.07, 6.45) is -3.29. The SMILES string of the molecule is Cc1[nH]nc(Nc2ccnc3ccc(S(=O)(=O)CC(F)(F)F)cc23)c1C. The summed E-state index contributed by atoms with van der Waals surface area (Å²) in [5.74, 6) is -1.37. The van der Waals surface area contributed by atoms with Gasteiger partial charge in [-0.05, 0) is 38.1 Å². The first-order valence-electron chi connectivity index (χ1n) is 7.54. The third-order valence-electron chi connectivity index (χ3n) is 3.93. The summed E-state index contributed by atoms with van der Waals surface area (Å²) < 4.78 is 61.7. The Morgan fingerprint density at radius 3 is 2.54 bits per heavy atom. The van der Waals surface area contributed by atoms with E-state index in [0.717, 1.165) is 17.3 Å². The highest BCUT2D eigenvalue weighted by Gasteiger charge is 2.36. The van der Waals surface area contributed by atoms with Crippen molar-refractivity contribution in [3.8, 4) is 0 Å². The van der Waals surface area contributed by atoms with Crippen LogP contribution in [0.25, 0.3) is 10.9 Å². The lowest BCUT2D eigenvalue weighted by Crippen LogP contribution is -2.22. The van der Waals surface area contributed by atoms with E-state index < -0.39 is 26.7 Å². The molecule has 0 aliphatic rings. The number of aryl methyl sites for hydroxylation is 1. The normalized spacial score (nSPS) is 12.5. The molecule has 0 bridgehead atoms. The zero-order valence-corrected chi connectivity index (χ0v) is 14.7. The number of rotatable bonds is 4. The predicted molar refractivity (Wildman–Crippen MR) is 91.2 cm³/mol. The molecule has 3 aromatic rings. The van der Waals surface area contributed by atoms with Gasteiger partial charge in [0.15, 0.2) is 21.4 Å². The van der Waals surface area contributed by atoms with Gasteiger partial charge in [0.2, 0.25) is 0 Å². The molecule has 10 heteroatoms. The van der Waals surface area contributed by atoms with Crippen LogP contribution in [-0.2, 0) is 9.84 Å². The minimum Gasteiger partial charge on any atom is -0.338 e. The number of nitrogens with one attached hydrogen (secondary N) is 2. The van der Waals surface area contributed by atoms with E-state index in [4.69, 9.17) is 0 Å². The Labute approximate surface area is 147 Å². The Balaban J connectivity index is 2.07. The molecule has 0 radical (unpaired) electrons. The molecule has 3 rings (SSSR count). The van der Waals surface area contributed by atoms with E-state index in [1.54, 1.807) is 6.07 Å². The number of aromatic amines is 1. The minimum absolute atomic E-state index is 0.385. The van der Waals surface area contributed by atoms with Gasteiger partial charge >= 0.3 is 6.18 Å². The van der Waals surface area contributed by atoms with Gasteiger partial charge in [-0.2, -0.15) is 18.3 Å². The summed E-state index contributed by atoms with van der Waals surface area (Å²) in [5, 5.41) is 10.4. The average Bonchev–Trinajstić information content (AvgIpc) is 2.84. The van der Waals surface area contributed by atoms with Crippen molar-refractivity contribution in [3.63, 3.8) is 0 Å². The Morgan fingerprint density at radius 2 is 1.92 bits per heavy atom. The number of halogens is 3. The van der Waals surface area contributed by atoms with Crippen LogP contribution in [0.4, 0.5) is 24.7 Å². The molecule has 6 nitrogen and oxygen atoms in total. The zero-order chi connectivity index (χ0) is 19.1. The molecule has 26 heavy (non-hydrogen) atoms. The van der Waals surface area contributed by atoms with Crippen molar-refractivity contribution in [3.05, 3.63) is 41.7 Å². The lowest BCUT2D eigenvalue weighted by Gasteiger charge is -2.11. The molecule has 2 aromatic heterocycles. The second kappa shape index (κ2) is 6.27. The van der Waals surface area contributed by atoms with Crippen LogP contribution < -0.4 is 5.32 Å². The van der Waals surface area contributed by atoms with E-state index >= 15 is 0 Å². The monoisotopic (exact) mass is 384 g/mol. The van der Waals surface area contributed by atoms with Gasteiger partial charge in [0.05, 0.1) is 16.1 Å². The molecule has 138 valence electrons. The van der Waals surface area contributed by atoms with Crippen LogP contribution in [0.1, 0.15) is 11.3 Å². The van der Waals surface area contributed by atoms with Gasteiger partial charge in [-0.15, -0.1) is 0 Å². The molecule has 0 amide bonds. The lowest BCUT2D eigenvalue weighted by atomic mass is 10.2. The van der Waals surface area contributed by atoms with E-state index in [0.29, 0.717) is 22.4 Å². The molecule has 0 aliphatic carbocycles. The Morgan fingerprint density at radius 1 is 1.19 bits per heavy atom. The summed E-state index contributed by atoms with van der Waals surface area (Å²) in [4.78, 5) is 3.71. The maximum atomic E-state index is 12.5. The van der Waals surface area contributed by atoms with Crippen molar-refractivity contribution < 1.29 is 21.6 Å². The summed E-state index contributed by atoms with van der Waals surface area (Å²) >= 11 is 0. The fourth-order valence-corrected chi connectivity index (χ4v) is 3.63. The lowest BCUT2D eigenvalue weighted by molar-refractivity contribution is -0.106. The number of fused-ring (bicyclic) bond motifs is 1. The molecule has 0 unspecified atom stereocenters. The second-order valence-electron chi connectivity index (χ2n) is 5.86. The van der Waals surface area contributed by atoms with Gasteiger partial charge in [-0.1, -0.05) is 0 Å². The number of aromatic nitrogens is 3. The summed E-state index contributed by atoms with van der Waals surface area (Å²) in [7, 11) is -4.51. The van der Waals surface area contributed by atoms with Gasteiger partial charge in [-0.3, -0.25) is 10.1 Å². The quantitative estimate of drug-likeness (QED) is 0.717. The number of hydrogen-bond donors (Lipinski definition) is 2. The minimum atomic E-state index is -4.81. The molecule has 0 aliphatic heterocycles. The third kappa shape index (κ3) is 3.64. The van der Waals surface area contributed by atoms with E-state index in [2.05, 4.69) is 20.5 Å². The summed E-state index contributed by atoms with van der Waals surface area (Å²) in [5.41, 5.74) is 2.68. The van der Waals surface area contributed by atoms with Gasteiger partial charge in [0.25, 0.3) is 0 Å². The van der Waals surface area contributed by atoms with E-state index in [9.17, 15) is 21.6 Å². The molecule has 1 aromatic carbocycles. The largest absolute Gasteiger partial charge is 0.403 e. The molecule has 0 spiro atoms. The molecule has 0 atom stereocenters. The van der Waals surface area contributed by atoms with Gasteiger partial charge in [0, 0.05) is 22.8 Å². The van der Waals surface area contributed by atoms with Crippen LogP contribution in [0.2, 0.25) is 0 Å². The number of alkyl halides is 3. The molecule has 0 fully saturated rings. The van der Waals surface area contributed by atoms with Gasteiger partial charge < -0.3 is 5.32 Å². The molecule has 2 heterocycles. The van der Waals surface area contributed by atoms with E-state index in [1.165, 1.54) is 18.3 Å². The number of pyridine rings is 1. The van der Waals surface area contributed by atoms with Crippen LogP contribution >= 0.6 is 0 Å². The van der Waals surface area contributed by atoms with Crippen molar-refractivity contribution in [2.24, 2.45) is 0 Å². The van der Waals surface area contributed by atoms with E-state index in [1.807, 2.05) is 13.8 Å². The predicted octanol–water partition coefficient (Wildman–Crippen LogP) is 3.65. The maximum absolute atomic E-state index is 12.5. The zero-order valence-electron chi connectivity index (χ0n) is 13.8. The Hall–Kier alpha value is -2.62. The second-order valence-corrected chi connectivity index (χ2v) is 7.85. The Kier molecular flexibility index (Phi) is 4.39.